The van der Waals surface area contributed by atoms with E-state index < -0.39 is 0 Å². The average molecular weight is 512 g/mol. The van der Waals surface area contributed by atoms with Gasteiger partial charge in [0, 0.05) is 17.3 Å². The van der Waals surface area contributed by atoms with Crippen LogP contribution in [0.4, 0.5) is 21.7 Å². The monoisotopic (exact) mass is 511 g/mol. The third-order valence-corrected chi connectivity index (χ3v) is 7.38. The summed E-state index contributed by atoms with van der Waals surface area (Å²) in [5.74, 6) is 1.16. The molecule has 0 amide bonds. The third-order valence-electron chi connectivity index (χ3n) is 7.38. The minimum atomic E-state index is -0.318. The molecule has 196 valence electrons. The number of benzene rings is 2. The number of rotatable bonds is 9. The first kappa shape index (κ1) is 25.6. The van der Waals surface area contributed by atoms with E-state index in [1.807, 2.05) is 12.1 Å². The Morgan fingerprint density at radius 1 is 1.16 bits per heavy atom. The molecule has 0 saturated heterocycles. The number of amidine groups is 1. The van der Waals surface area contributed by atoms with Crippen molar-refractivity contribution in [1.29, 1.82) is 5.41 Å². The Morgan fingerprint density at radius 3 is 2.61 bits per heavy atom. The normalized spacial score (nSPS) is 15.6. The van der Waals surface area contributed by atoms with E-state index in [2.05, 4.69) is 59.7 Å². The molecule has 5 rings (SSSR count). The van der Waals surface area contributed by atoms with E-state index >= 15 is 0 Å². The molecule has 1 unspecified atom stereocenters. The van der Waals surface area contributed by atoms with Crippen molar-refractivity contribution in [1.82, 2.24) is 14.9 Å². The summed E-state index contributed by atoms with van der Waals surface area (Å²) in [7, 11) is 0. The average Bonchev–Trinajstić information content (AvgIpc) is 3.76. The number of aromatic nitrogens is 2. The van der Waals surface area contributed by atoms with Crippen LogP contribution in [-0.4, -0.2) is 38.5 Å². The van der Waals surface area contributed by atoms with Crippen molar-refractivity contribution in [3.8, 4) is 0 Å². The Balaban J connectivity index is 1.54. The molecule has 4 N–H and O–H groups in total. The van der Waals surface area contributed by atoms with Gasteiger partial charge >= 0.3 is 0 Å². The van der Waals surface area contributed by atoms with E-state index in [4.69, 9.17) is 16.1 Å². The van der Waals surface area contributed by atoms with Crippen LogP contribution < -0.4 is 11.1 Å². The lowest BCUT2D eigenvalue weighted by Crippen LogP contribution is -2.44. The molecule has 0 bridgehead atoms. The van der Waals surface area contributed by atoms with Crippen molar-refractivity contribution in [3.63, 3.8) is 0 Å². The second kappa shape index (κ2) is 10.4. The SMILES string of the molecule is C=C1c2c(F)cccc2N=C(C(CC)Nc2ncnc(N)c2C(=N)c2ccc(CC)c(CC)c2)N1C1CC1. The molecule has 0 spiro atoms. The van der Waals surface area contributed by atoms with E-state index in [-0.39, 0.29) is 29.4 Å². The van der Waals surface area contributed by atoms with Crippen LogP contribution in [0.25, 0.3) is 5.70 Å². The van der Waals surface area contributed by atoms with Gasteiger partial charge in [0.2, 0.25) is 0 Å². The molecule has 1 atom stereocenters. The standard InChI is InChI=1S/C30H34FN7/c1-5-18-11-12-20(15-19(18)6-2)27(32)26-28(33)34-16-35-29(26)36-23(7-3)30-37-24-10-8-9-22(31)25(24)17(4)38(30)21-13-14-21/h8-12,15-16,21,23,32H,4-7,13-14H2,1-3H3,(H3,33,34,35,36). The quantitative estimate of drug-likeness (QED) is 0.301. The van der Waals surface area contributed by atoms with Crippen LogP contribution in [0.3, 0.4) is 0 Å². The van der Waals surface area contributed by atoms with Crippen molar-refractivity contribution >= 4 is 34.6 Å². The highest BCUT2D eigenvalue weighted by Crippen LogP contribution is 2.42. The fraction of sp³-hybridized carbons (Fsp3) is 0.333. The number of hydrogen-bond acceptors (Lipinski definition) is 7. The number of halogens is 1. The van der Waals surface area contributed by atoms with Gasteiger partial charge in [-0.2, -0.15) is 0 Å². The van der Waals surface area contributed by atoms with Crippen LogP contribution in [0.1, 0.15) is 67.9 Å². The Labute approximate surface area is 223 Å². The third kappa shape index (κ3) is 4.55. The number of nitrogen functional groups attached to an aromatic ring is 1. The number of hydrogen-bond donors (Lipinski definition) is 3. The van der Waals surface area contributed by atoms with Crippen LogP contribution in [0.15, 0.2) is 54.3 Å². The van der Waals surface area contributed by atoms with Gasteiger partial charge in [0.1, 0.15) is 29.6 Å². The minimum Gasteiger partial charge on any atom is -0.383 e. The van der Waals surface area contributed by atoms with Gasteiger partial charge in [0.05, 0.1) is 28.6 Å². The predicted molar refractivity (Wildman–Crippen MR) is 153 cm³/mol. The number of nitrogens with one attached hydrogen (secondary N) is 2. The highest BCUT2D eigenvalue weighted by atomic mass is 19.1. The molecular weight excluding hydrogens is 477 g/mol. The first-order valence-corrected chi connectivity index (χ1v) is 13.3. The van der Waals surface area contributed by atoms with Crippen LogP contribution >= 0.6 is 0 Å². The summed E-state index contributed by atoms with van der Waals surface area (Å²) < 4.78 is 14.8. The second-order valence-electron chi connectivity index (χ2n) is 9.81. The van der Waals surface area contributed by atoms with Gasteiger partial charge in [-0.3, -0.25) is 5.41 Å². The molecule has 7 nitrogen and oxygen atoms in total. The van der Waals surface area contributed by atoms with E-state index in [1.54, 1.807) is 6.07 Å². The van der Waals surface area contributed by atoms with E-state index in [0.717, 1.165) is 37.1 Å². The molecule has 1 saturated carbocycles. The lowest BCUT2D eigenvalue weighted by Gasteiger charge is -2.36. The number of aryl methyl sites for hydroxylation is 2. The van der Waals surface area contributed by atoms with E-state index in [9.17, 15) is 4.39 Å². The molecule has 1 aromatic heterocycles. The molecular formula is C30H34FN7. The summed E-state index contributed by atoms with van der Waals surface area (Å²) in [5.41, 5.74) is 12.0. The summed E-state index contributed by atoms with van der Waals surface area (Å²) in [6.45, 7) is 10.6. The summed E-state index contributed by atoms with van der Waals surface area (Å²) >= 11 is 0. The van der Waals surface area contributed by atoms with Gasteiger partial charge < -0.3 is 16.0 Å². The fourth-order valence-electron chi connectivity index (χ4n) is 5.18. The van der Waals surface area contributed by atoms with E-state index in [0.29, 0.717) is 34.8 Å². The molecule has 2 aromatic carbocycles. The van der Waals surface area contributed by atoms with Gasteiger partial charge in [0.25, 0.3) is 0 Å². The molecule has 0 radical (unpaired) electrons. The van der Waals surface area contributed by atoms with Crippen molar-refractivity contribution in [2.24, 2.45) is 4.99 Å². The number of nitrogens with two attached hydrogens (primary N) is 1. The topological polar surface area (TPSA) is 103 Å². The molecule has 1 aliphatic carbocycles. The summed E-state index contributed by atoms with van der Waals surface area (Å²) in [6.07, 6.45) is 5.92. The minimum absolute atomic E-state index is 0.237. The molecule has 8 heteroatoms. The van der Waals surface area contributed by atoms with Crippen molar-refractivity contribution < 1.29 is 4.39 Å². The number of fused-ring (bicyclic) bond motifs is 1. The maximum absolute atomic E-state index is 14.8. The van der Waals surface area contributed by atoms with Gasteiger partial charge in [-0.25, -0.2) is 19.4 Å². The van der Waals surface area contributed by atoms with Crippen LogP contribution in [0, 0.1) is 11.2 Å². The highest BCUT2D eigenvalue weighted by molar-refractivity contribution is 6.16. The maximum atomic E-state index is 14.8. The largest absolute Gasteiger partial charge is 0.383 e. The van der Waals surface area contributed by atoms with Crippen molar-refractivity contribution in [2.45, 2.75) is 65.0 Å². The molecule has 2 aliphatic rings. The predicted octanol–water partition coefficient (Wildman–Crippen LogP) is 6.11. The summed E-state index contributed by atoms with van der Waals surface area (Å²) in [5, 5.41) is 12.6. The van der Waals surface area contributed by atoms with Crippen LogP contribution in [0.5, 0.6) is 0 Å². The number of anilines is 2. The Kier molecular flexibility index (Phi) is 6.97. The van der Waals surface area contributed by atoms with Crippen LogP contribution in [-0.2, 0) is 12.8 Å². The molecule has 2 heterocycles. The van der Waals surface area contributed by atoms with Crippen molar-refractivity contribution in [2.75, 3.05) is 11.1 Å². The zero-order chi connectivity index (χ0) is 27.0. The zero-order valence-electron chi connectivity index (χ0n) is 22.2. The smallest absolute Gasteiger partial charge is 0.141 e. The Hall–Kier alpha value is -4.07. The number of aliphatic imine (C=N–C) groups is 1. The van der Waals surface area contributed by atoms with Crippen molar-refractivity contribution in [3.05, 3.63) is 82.9 Å². The maximum Gasteiger partial charge on any atom is 0.141 e. The second-order valence-corrected chi connectivity index (χ2v) is 9.81. The highest BCUT2D eigenvalue weighted by Gasteiger charge is 2.39. The summed E-state index contributed by atoms with van der Waals surface area (Å²) in [4.78, 5) is 15.7. The lowest BCUT2D eigenvalue weighted by molar-refractivity contribution is 0.532. The van der Waals surface area contributed by atoms with Gasteiger partial charge in [-0.05, 0) is 61.4 Å². The van der Waals surface area contributed by atoms with Gasteiger partial charge in [0.15, 0.2) is 0 Å². The molecule has 1 fully saturated rings. The van der Waals surface area contributed by atoms with Gasteiger partial charge in [-0.15, -0.1) is 0 Å². The first-order chi connectivity index (χ1) is 18.4. The first-order valence-electron chi connectivity index (χ1n) is 13.3. The molecule has 38 heavy (non-hydrogen) atoms. The number of nitrogens with zero attached hydrogens (tertiary/aromatic N) is 4. The van der Waals surface area contributed by atoms with Gasteiger partial charge in [-0.1, -0.05) is 45.5 Å². The fourth-order valence-corrected chi connectivity index (χ4v) is 5.18. The van der Waals surface area contributed by atoms with E-state index in [1.165, 1.54) is 23.5 Å². The summed E-state index contributed by atoms with van der Waals surface area (Å²) in [6, 6.07) is 11.0. The molecule has 1 aliphatic heterocycles. The van der Waals surface area contributed by atoms with Crippen LogP contribution in [0.2, 0.25) is 0 Å². The molecule has 3 aromatic rings. The lowest BCUT2D eigenvalue weighted by atomic mass is 9.95. The Bertz CT molecular complexity index is 1440. The Morgan fingerprint density at radius 2 is 1.92 bits per heavy atom. The zero-order valence-corrected chi connectivity index (χ0v) is 22.2.